The van der Waals surface area contributed by atoms with Crippen LogP contribution in [0.15, 0.2) is 0 Å². The molecule has 1 rings (SSSR count). The average Bonchev–Trinajstić information content (AvgIpc) is 2.73. The predicted molar refractivity (Wildman–Crippen MR) is 58.0 cm³/mol. The summed E-state index contributed by atoms with van der Waals surface area (Å²) in [5.41, 5.74) is 5.45. The molecule has 1 amide bonds. The van der Waals surface area contributed by atoms with Gasteiger partial charge in [0.25, 0.3) is 5.91 Å². The minimum absolute atomic E-state index is 0.0794. The Bertz CT molecular complexity index is 221. The number of nitrogens with two attached hydrogens (primary N) is 1. The molecule has 1 aliphatic heterocycles. The minimum Gasteiger partial charge on any atom is -0.377 e. The molecule has 0 aromatic carbocycles. The zero-order valence-corrected chi connectivity index (χ0v) is 10.0. The summed E-state index contributed by atoms with van der Waals surface area (Å²) in [5, 5.41) is 0. The molecule has 0 radical (unpaired) electrons. The molecule has 6 nitrogen and oxygen atoms in total. The number of likely N-dealkylation sites (tertiary alicyclic amines) is 1. The Hall–Kier alpha value is -0.690. The van der Waals surface area contributed by atoms with Crippen LogP contribution < -0.4 is 5.73 Å². The Morgan fingerprint density at radius 1 is 1.31 bits per heavy atom. The van der Waals surface area contributed by atoms with Crippen molar-refractivity contribution in [3.8, 4) is 0 Å². The lowest BCUT2D eigenvalue weighted by molar-refractivity contribution is -0.140. The number of methoxy groups -OCH3 is 3. The Morgan fingerprint density at radius 2 is 1.81 bits per heavy atom. The summed E-state index contributed by atoms with van der Waals surface area (Å²) in [4.78, 5) is 13.6. The van der Waals surface area contributed by atoms with Crippen LogP contribution in [0.5, 0.6) is 0 Å². The SMILES string of the molecule is COC(CN)C(=O)N1CC(OC)C(OC)C1. The van der Waals surface area contributed by atoms with E-state index in [2.05, 4.69) is 0 Å². The van der Waals surface area contributed by atoms with Gasteiger partial charge in [0.05, 0.1) is 0 Å². The van der Waals surface area contributed by atoms with Crippen LogP contribution in [0, 0.1) is 0 Å². The zero-order chi connectivity index (χ0) is 12.1. The van der Waals surface area contributed by atoms with E-state index in [1.165, 1.54) is 7.11 Å². The fourth-order valence-electron chi connectivity index (χ4n) is 1.88. The monoisotopic (exact) mass is 232 g/mol. The molecular weight excluding hydrogens is 212 g/mol. The second-order valence-electron chi connectivity index (χ2n) is 3.75. The summed E-state index contributed by atoms with van der Waals surface area (Å²) < 4.78 is 15.5. The molecule has 0 spiro atoms. The largest absolute Gasteiger partial charge is 0.377 e. The molecular formula is C10H20N2O4. The summed E-state index contributed by atoms with van der Waals surface area (Å²) >= 11 is 0. The number of amides is 1. The Balaban J connectivity index is 2.59. The highest BCUT2D eigenvalue weighted by Crippen LogP contribution is 2.16. The Kier molecular flexibility index (Phi) is 5.14. The van der Waals surface area contributed by atoms with Gasteiger partial charge in [-0.3, -0.25) is 4.79 Å². The van der Waals surface area contributed by atoms with Gasteiger partial charge >= 0.3 is 0 Å². The molecule has 0 aliphatic carbocycles. The van der Waals surface area contributed by atoms with Crippen molar-refractivity contribution in [2.24, 2.45) is 5.73 Å². The van der Waals surface area contributed by atoms with Crippen LogP contribution in [0.1, 0.15) is 0 Å². The molecule has 94 valence electrons. The number of ether oxygens (including phenoxy) is 3. The van der Waals surface area contributed by atoms with Gasteiger partial charge in [0.2, 0.25) is 0 Å². The molecule has 16 heavy (non-hydrogen) atoms. The maximum Gasteiger partial charge on any atom is 0.253 e. The van der Waals surface area contributed by atoms with Crippen LogP contribution >= 0.6 is 0 Å². The topological polar surface area (TPSA) is 74.0 Å². The number of hydrogen-bond donors (Lipinski definition) is 1. The lowest BCUT2D eigenvalue weighted by Crippen LogP contribution is -2.43. The lowest BCUT2D eigenvalue weighted by Gasteiger charge is -2.21. The van der Waals surface area contributed by atoms with Crippen molar-refractivity contribution in [1.29, 1.82) is 0 Å². The predicted octanol–water partition coefficient (Wildman–Crippen LogP) is -1.17. The average molecular weight is 232 g/mol. The van der Waals surface area contributed by atoms with Crippen LogP contribution in [0.25, 0.3) is 0 Å². The first-order chi connectivity index (χ1) is 7.67. The second kappa shape index (κ2) is 6.15. The highest BCUT2D eigenvalue weighted by Gasteiger charge is 2.37. The summed E-state index contributed by atoms with van der Waals surface area (Å²) in [5.74, 6) is -0.105. The van der Waals surface area contributed by atoms with Crippen molar-refractivity contribution >= 4 is 5.91 Å². The van der Waals surface area contributed by atoms with Crippen molar-refractivity contribution in [3.05, 3.63) is 0 Å². The molecule has 1 heterocycles. The third kappa shape index (κ3) is 2.70. The van der Waals surface area contributed by atoms with Gasteiger partial charge in [-0.1, -0.05) is 0 Å². The molecule has 1 aliphatic rings. The maximum atomic E-state index is 11.9. The van der Waals surface area contributed by atoms with Crippen LogP contribution in [-0.2, 0) is 19.0 Å². The lowest BCUT2D eigenvalue weighted by atomic mass is 10.3. The van der Waals surface area contributed by atoms with Crippen molar-refractivity contribution in [1.82, 2.24) is 4.90 Å². The smallest absolute Gasteiger partial charge is 0.253 e. The van der Waals surface area contributed by atoms with Gasteiger partial charge in [-0.15, -0.1) is 0 Å². The molecule has 0 bridgehead atoms. The van der Waals surface area contributed by atoms with E-state index >= 15 is 0 Å². The van der Waals surface area contributed by atoms with Crippen LogP contribution in [0.2, 0.25) is 0 Å². The maximum absolute atomic E-state index is 11.9. The first kappa shape index (κ1) is 13.4. The van der Waals surface area contributed by atoms with Crippen LogP contribution in [0.4, 0.5) is 0 Å². The van der Waals surface area contributed by atoms with Crippen molar-refractivity contribution < 1.29 is 19.0 Å². The van der Waals surface area contributed by atoms with Gasteiger partial charge in [-0.25, -0.2) is 0 Å². The van der Waals surface area contributed by atoms with Gasteiger partial charge in [-0.05, 0) is 0 Å². The second-order valence-corrected chi connectivity index (χ2v) is 3.75. The minimum atomic E-state index is -0.576. The molecule has 1 saturated heterocycles. The number of rotatable bonds is 5. The van der Waals surface area contributed by atoms with Gasteiger partial charge in [0.1, 0.15) is 18.3 Å². The van der Waals surface area contributed by atoms with Crippen LogP contribution in [-0.4, -0.2) is 70.1 Å². The highest BCUT2D eigenvalue weighted by atomic mass is 16.5. The fourth-order valence-corrected chi connectivity index (χ4v) is 1.88. The molecule has 3 atom stereocenters. The van der Waals surface area contributed by atoms with E-state index in [1.54, 1.807) is 19.1 Å². The third-order valence-corrected chi connectivity index (χ3v) is 2.91. The first-order valence-corrected chi connectivity index (χ1v) is 5.25. The highest BCUT2D eigenvalue weighted by molar-refractivity contribution is 5.81. The number of nitrogens with zero attached hydrogens (tertiary/aromatic N) is 1. The third-order valence-electron chi connectivity index (χ3n) is 2.91. The van der Waals surface area contributed by atoms with E-state index in [0.29, 0.717) is 13.1 Å². The van der Waals surface area contributed by atoms with Gasteiger partial charge < -0.3 is 24.8 Å². The summed E-state index contributed by atoms with van der Waals surface area (Å²) in [6.07, 6.45) is -0.735. The standard InChI is InChI=1S/C10H20N2O4/c1-14-7(4-11)10(13)12-5-8(15-2)9(6-12)16-3/h7-9H,4-6,11H2,1-3H3. The van der Waals surface area contributed by atoms with Gasteiger partial charge in [-0.2, -0.15) is 0 Å². The summed E-state index contributed by atoms with van der Waals surface area (Å²) in [6.45, 7) is 1.22. The van der Waals surface area contributed by atoms with Gasteiger partial charge in [0.15, 0.2) is 0 Å². The molecule has 2 N–H and O–H groups in total. The fraction of sp³-hybridized carbons (Fsp3) is 0.900. The summed E-state index contributed by atoms with van der Waals surface area (Å²) in [7, 11) is 4.70. The molecule has 0 saturated carbocycles. The van der Waals surface area contributed by atoms with E-state index in [1.807, 2.05) is 0 Å². The van der Waals surface area contributed by atoms with E-state index in [-0.39, 0.29) is 24.7 Å². The molecule has 3 unspecified atom stereocenters. The Labute approximate surface area is 95.6 Å². The normalized spacial score (nSPS) is 27.1. The van der Waals surface area contributed by atoms with E-state index < -0.39 is 6.10 Å². The van der Waals surface area contributed by atoms with E-state index in [4.69, 9.17) is 19.9 Å². The van der Waals surface area contributed by atoms with E-state index in [0.717, 1.165) is 0 Å². The van der Waals surface area contributed by atoms with Crippen LogP contribution in [0.3, 0.4) is 0 Å². The zero-order valence-electron chi connectivity index (χ0n) is 10.0. The Morgan fingerprint density at radius 3 is 2.12 bits per heavy atom. The number of carbonyl (C=O) groups excluding carboxylic acids is 1. The molecule has 1 fully saturated rings. The quantitative estimate of drug-likeness (QED) is 0.646. The van der Waals surface area contributed by atoms with Gasteiger partial charge in [0, 0.05) is 41.0 Å². The van der Waals surface area contributed by atoms with Crippen molar-refractivity contribution in [3.63, 3.8) is 0 Å². The van der Waals surface area contributed by atoms with Crippen molar-refractivity contribution in [2.45, 2.75) is 18.3 Å². The number of carbonyl (C=O) groups is 1. The van der Waals surface area contributed by atoms with E-state index in [9.17, 15) is 4.79 Å². The summed E-state index contributed by atoms with van der Waals surface area (Å²) in [6, 6.07) is 0. The first-order valence-electron chi connectivity index (χ1n) is 5.25. The van der Waals surface area contributed by atoms with Crippen molar-refractivity contribution in [2.75, 3.05) is 41.0 Å². The molecule has 6 heteroatoms. The molecule has 0 aromatic heterocycles. The molecule has 0 aromatic rings. The number of hydrogen-bond acceptors (Lipinski definition) is 5.